The number of hydrogen-bond donors (Lipinski definition) is 0. The number of allylic oxidation sites excluding steroid dienone is 1. The maximum absolute atomic E-state index is 11.6. The molecule has 1 aromatic rings. The van der Waals surface area contributed by atoms with Crippen LogP contribution in [0.15, 0.2) is 45.3 Å². The number of carbonyl (C=O) groups excluding carboxylic acids is 1. The number of rotatable bonds is 4. The van der Waals surface area contributed by atoms with E-state index in [1.807, 2.05) is 18.3 Å². The Morgan fingerprint density at radius 3 is 2.89 bits per heavy atom. The van der Waals surface area contributed by atoms with Crippen LogP contribution in [-0.4, -0.2) is 35.6 Å². The third-order valence-corrected chi connectivity index (χ3v) is 6.58. The van der Waals surface area contributed by atoms with Crippen molar-refractivity contribution >= 4 is 24.2 Å². The van der Waals surface area contributed by atoms with E-state index in [-0.39, 0.29) is 11.8 Å². The van der Waals surface area contributed by atoms with Gasteiger partial charge in [0.1, 0.15) is 0 Å². The molecule has 1 aliphatic rings. The van der Waals surface area contributed by atoms with E-state index in [1.54, 1.807) is 12.3 Å². The Morgan fingerprint density at radius 2 is 2.26 bits per heavy atom. The molecule has 0 aromatic carbocycles. The zero-order valence-corrected chi connectivity index (χ0v) is 14.7. The summed E-state index contributed by atoms with van der Waals surface area (Å²) >= 11 is -1.85. The monoisotopic (exact) mass is 367 g/mol. The van der Waals surface area contributed by atoms with Gasteiger partial charge in [0.15, 0.2) is 0 Å². The Morgan fingerprint density at radius 1 is 1.47 bits per heavy atom. The van der Waals surface area contributed by atoms with E-state index in [2.05, 4.69) is 29.9 Å². The number of ketones is 1. The molecule has 0 radical (unpaired) electrons. The normalized spacial score (nSPS) is 20.5. The fourth-order valence-corrected chi connectivity index (χ4v) is 4.44. The van der Waals surface area contributed by atoms with Gasteiger partial charge in [-0.15, -0.1) is 0 Å². The summed E-state index contributed by atoms with van der Waals surface area (Å²) in [6.45, 7) is 0.837. The van der Waals surface area contributed by atoms with Crippen LogP contribution >= 0.6 is 0 Å². The number of nitrogens with zero attached hydrogens (tertiary/aromatic N) is 1. The summed E-state index contributed by atoms with van der Waals surface area (Å²) in [5.41, 5.74) is 0. The van der Waals surface area contributed by atoms with E-state index in [0.717, 1.165) is 12.3 Å². The standard InChI is InChI=1S/C12H12NO2.3CH3.Sn/c1-2-6-13-7-5-10(14)9-11(13)12-4-3-8-15-12;;;;/h1-5,7-8,11H,6,9H2;3*1H3;. The van der Waals surface area contributed by atoms with Gasteiger partial charge in [-0.25, -0.2) is 0 Å². The molecule has 0 aliphatic carbocycles. The average Bonchev–Trinajstić information content (AvgIpc) is 2.83. The third-order valence-electron chi connectivity index (χ3n) is 3.05. The van der Waals surface area contributed by atoms with Gasteiger partial charge in [-0.1, -0.05) is 0 Å². The molecule has 0 saturated heterocycles. The zero-order valence-electron chi connectivity index (χ0n) is 11.8. The van der Waals surface area contributed by atoms with Crippen LogP contribution in [0.4, 0.5) is 0 Å². The maximum atomic E-state index is 11.6. The van der Waals surface area contributed by atoms with Crippen LogP contribution in [0.3, 0.4) is 0 Å². The van der Waals surface area contributed by atoms with E-state index in [9.17, 15) is 4.79 Å². The number of carbonyl (C=O) groups is 1. The third kappa shape index (κ3) is 4.27. The Bertz CT molecular complexity index is 483. The number of furan rings is 1. The van der Waals surface area contributed by atoms with Gasteiger partial charge in [0.2, 0.25) is 0 Å². The zero-order chi connectivity index (χ0) is 13.9. The molecule has 0 spiro atoms. The van der Waals surface area contributed by atoms with Crippen molar-refractivity contribution in [3.8, 4) is 0 Å². The molecule has 0 saturated carbocycles. The van der Waals surface area contributed by atoms with Crippen molar-refractivity contribution in [2.45, 2.75) is 27.3 Å². The average molecular weight is 366 g/mol. The molecule has 0 bridgehead atoms. The van der Waals surface area contributed by atoms with Crippen molar-refractivity contribution in [3.05, 3.63) is 46.6 Å². The van der Waals surface area contributed by atoms with Crippen LogP contribution in [0, 0.1) is 0 Å². The minimum absolute atomic E-state index is 0.0346. The molecule has 1 aromatic heterocycles. The summed E-state index contributed by atoms with van der Waals surface area (Å²) in [5, 5.41) is 0. The number of hydrogen-bond acceptors (Lipinski definition) is 3. The molecule has 102 valence electrons. The van der Waals surface area contributed by atoms with Crippen LogP contribution in [0.5, 0.6) is 0 Å². The van der Waals surface area contributed by atoms with Crippen LogP contribution in [0.25, 0.3) is 0 Å². The van der Waals surface area contributed by atoms with Gasteiger partial charge >= 0.3 is 119 Å². The van der Waals surface area contributed by atoms with E-state index in [0.29, 0.717) is 6.42 Å². The minimum atomic E-state index is -1.85. The first kappa shape index (κ1) is 14.4. The molecule has 1 aliphatic heterocycles. The summed E-state index contributed by atoms with van der Waals surface area (Å²) in [6, 6.07) is 3.85. The van der Waals surface area contributed by atoms with E-state index in [4.69, 9.17) is 4.42 Å². The van der Waals surface area contributed by atoms with Crippen LogP contribution < -0.4 is 0 Å². The van der Waals surface area contributed by atoms with Crippen molar-refractivity contribution in [2.24, 2.45) is 0 Å². The topological polar surface area (TPSA) is 33.5 Å². The Kier molecular flexibility index (Phi) is 4.55. The predicted molar refractivity (Wildman–Crippen MR) is 79.4 cm³/mol. The van der Waals surface area contributed by atoms with Gasteiger partial charge < -0.3 is 0 Å². The summed E-state index contributed by atoms with van der Waals surface area (Å²) in [7, 11) is 0. The van der Waals surface area contributed by atoms with Gasteiger partial charge in [0.25, 0.3) is 0 Å². The fraction of sp³-hybridized carbons (Fsp3) is 0.400. The van der Waals surface area contributed by atoms with Crippen LogP contribution in [0.2, 0.25) is 14.8 Å². The van der Waals surface area contributed by atoms with Crippen molar-refractivity contribution in [1.82, 2.24) is 4.90 Å². The van der Waals surface area contributed by atoms with Crippen LogP contribution in [0.1, 0.15) is 18.2 Å². The quantitative estimate of drug-likeness (QED) is 0.765. The molecular weight excluding hydrogens is 345 g/mol. The molecule has 4 heteroatoms. The summed E-state index contributed by atoms with van der Waals surface area (Å²) in [6.07, 6.45) is 7.95. The second-order valence-corrected chi connectivity index (χ2v) is 20.4. The summed E-state index contributed by atoms with van der Waals surface area (Å²) in [5.74, 6) is 1.03. The molecule has 1 unspecified atom stereocenters. The second kappa shape index (κ2) is 5.99. The molecule has 19 heavy (non-hydrogen) atoms. The summed E-state index contributed by atoms with van der Waals surface area (Å²) in [4.78, 5) is 20.9. The van der Waals surface area contributed by atoms with E-state index < -0.39 is 18.4 Å². The van der Waals surface area contributed by atoms with Gasteiger partial charge in [-0.2, -0.15) is 0 Å². The Hall–Kier alpha value is -0.971. The molecular formula is C15H21NO2Sn. The molecule has 0 fully saturated rings. The predicted octanol–water partition coefficient (Wildman–Crippen LogP) is 3.54. The molecule has 0 N–H and O–H groups in total. The van der Waals surface area contributed by atoms with Gasteiger partial charge in [0, 0.05) is 0 Å². The second-order valence-electron chi connectivity index (χ2n) is 5.98. The molecule has 0 amide bonds. The first-order valence-corrected chi connectivity index (χ1v) is 16.8. The van der Waals surface area contributed by atoms with Gasteiger partial charge in [-0.05, 0) is 0 Å². The molecule has 3 nitrogen and oxygen atoms in total. The first-order chi connectivity index (χ1) is 8.96. The molecule has 2 heterocycles. The first-order valence-electron chi connectivity index (χ1n) is 6.63. The van der Waals surface area contributed by atoms with Gasteiger partial charge in [0.05, 0.1) is 0 Å². The van der Waals surface area contributed by atoms with Crippen molar-refractivity contribution in [2.75, 3.05) is 6.54 Å². The van der Waals surface area contributed by atoms with E-state index in [1.165, 1.54) is 0 Å². The molecule has 1 atom stereocenters. The summed E-state index contributed by atoms with van der Waals surface area (Å²) < 4.78 is 7.86. The van der Waals surface area contributed by atoms with E-state index >= 15 is 0 Å². The van der Waals surface area contributed by atoms with Crippen LogP contribution in [-0.2, 0) is 4.79 Å². The van der Waals surface area contributed by atoms with Crippen molar-refractivity contribution < 1.29 is 9.21 Å². The Balaban J connectivity index is 2.10. The fourth-order valence-electron chi connectivity index (χ4n) is 2.12. The van der Waals surface area contributed by atoms with Crippen molar-refractivity contribution in [1.29, 1.82) is 0 Å². The van der Waals surface area contributed by atoms with Gasteiger partial charge in [-0.3, -0.25) is 0 Å². The SMILES string of the molecule is [CH3][Sn]([CH3])([CH3])/[CH]=C\CN1C=CC(=O)CC1c1ccco1. The Labute approximate surface area is 118 Å². The van der Waals surface area contributed by atoms with Crippen molar-refractivity contribution in [3.63, 3.8) is 0 Å². The molecule has 2 rings (SSSR count).